The average molecular weight is 324 g/mol. The first-order valence-electron chi connectivity index (χ1n) is 8.36. The van der Waals surface area contributed by atoms with Crippen LogP contribution < -0.4 is 10.1 Å². The molecule has 0 unspecified atom stereocenters. The summed E-state index contributed by atoms with van der Waals surface area (Å²) in [6.45, 7) is 4.70. The van der Waals surface area contributed by atoms with Crippen LogP contribution in [0.1, 0.15) is 41.4 Å². The fourth-order valence-corrected chi connectivity index (χ4v) is 3.12. The van der Waals surface area contributed by atoms with Crippen molar-refractivity contribution >= 4 is 12.0 Å². The number of hydrogen-bond donors (Lipinski definition) is 1. The van der Waals surface area contributed by atoms with Crippen molar-refractivity contribution in [2.45, 2.75) is 39.3 Å². The van der Waals surface area contributed by atoms with Crippen LogP contribution >= 0.6 is 0 Å². The largest absolute Gasteiger partial charge is 0.496 e. The molecule has 0 bridgehead atoms. The number of amides is 1. The standard InChI is InChI=1S/C20H24N2O2/c1-14-12-16(15(2)22(14)18-9-10-18)8-11-20(23)21-13-17-6-4-5-7-19(17)24-3/h4-8,11-12,18H,9-10,13H2,1-3H3,(H,21,23)/b11-8+. The van der Waals surface area contributed by atoms with Crippen molar-refractivity contribution in [3.8, 4) is 5.75 Å². The Morgan fingerprint density at radius 3 is 2.79 bits per heavy atom. The molecule has 0 spiro atoms. The first-order chi connectivity index (χ1) is 11.6. The lowest BCUT2D eigenvalue weighted by Crippen LogP contribution is -2.20. The van der Waals surface area contributed by atoms with Crippen molar-refractivity contribution in [2.24, 2.45) is 0 Å². The minimum atomic E-state index is -0.0999. The Morgan fingerprint density at radius 1 is 1.33 bits per heavy atom. The Labute approximate surface area is 143 Å². The van der Waals surface area contributed by atoms with E-state index in [0.29, 0.717) is 12.6 Å². The van der Waals surface area contributed by atoms with Crippen molar-refractivity contribution in [3.63, 3.8) is 0 Å². The quantitative estimate of drug-likeness (QED) is 0.822. The van der Waals surface area contributed by atoms with Crippen LogP contribution in [0.25, 0.3) is 6.08 Å². The Balaban J connectivity index is 1.62. The number of ether oxygens (including phenoxy) is 1. The number of methoxy groups -OCH3 is 1. The summed E-state index contributed by atoms with van der Waals surface area (Å²) in [6, 6.07) is 10.5. The molecular formula is C20H24N2O2. The van der Waals surface area contributed by atoms with E-state index < -0.39 is 0 Å². The zero-order valence-electron chi connectivity index (χ0n) is 14.5. The van der Waals surface area contributed by atoms with Gasteiger partial charge < -0.3 is 14.6 Å². The van der Waals surface area contributed by atoms with Gasteiger partial charge in [-0.2, -0.15) is 0 Å². The van der Waals surface area contributed by atoms with Crippen LogP contribution in [0.2, 0.25) is 0 Å². The van der Waals surface area contributed by atoms with Crippen LogP contribution in [0.3, 0.4) is 0 Å². The molecule has 1 N–H and O–H groups in total. The summed E-state index contributed by atoms with van der Waals surface area (Å²) in [4.78, 5) is 12.1. The number of carbonyl (C=O) groups excluding carboxylic acids is 1. The van der Waals surface area contributed by atoms with Crippen LogP contribution in [0.15, 0.2) is 36.4 Å². The summed E-state index contributed by atoms with van der Waals surface area (Å²) in [7, 11) is 1.64. The molecule has 1 amide bonds. The number of benzene rings is 1. The van der Waals surface area contributed by atoms with Gasteiger partial charge in [0.05, 0.1) is 7.11 Å². The first kappa shape index (κ1) is 16.4. The molecule has 1 saturated carbocycles. The van der Waals surface area contributed by atoms with Crippen molar-refractivity contribution in [2.75, 3.05) is 7.11 Å². The first-order valence-corrected chi connectivity index (χ1v) is 8.36. The lowest BCUT2D eigenvalue weighted by atomic mass is 10.2. The monoisotopic (exact) mass is 324 g/mol. The lowest BCUT2D eigenvalue weighted by molar-refractivity contribution is -0.116. The summed E-state index contributed by atoms with van der Waals surface area (Å²) in [5.41, 5.74) is 4.59. The molecule has 1 aromatic carbocycles. The molecule has 0 saturated heterocycles. The van der Waals surface area contributed by atoms with E-state index in [9.17, 15) is 4.79 Å². The molecule has 1 aromatic heterocycles. The molecule has 24 heavy (non-hydrogen) atoms. The second kappa shape index (κ2) is 6.95. The highest BCUT2D eigenvalue weighted by atomic mass is 16.5. The van der Waals surface area contributed by atoms with Crippen molar-refractivity contribution in [3.05, 3.63) is 58.9 Å². The summed E-state index contributed by atoms with van der Waals surface area (Å²) < 4.78 is 7.68. The molecule has 3 rings (SSSR count). The highest BCUT2D eigenvalue weighted by Crippen LogP contribution is 2.38. The van der Waals surface area contributed by atoms with Crippen LogP contribution in [0.5, 0.6) is 5.75 Å². The molecule has 0 aliphatic heterocycles. The van der Waals surface area contributed by atoms with Gasteiger partial charge in [0, 0.05) is 35.6 Å². The maximum Gasteiger partial charge on any atom is 0.244 e. The fraction of sp³-hybridized carbons (Fsp3) is 0.350. The van der Waals surface area contributed by atoms with Gasteiger partial charge in [-0.15, -0.1) is 0 Å². The van der Waals surface area contributed by atoms with E-state index in [1.165, 1.54) is 24.2 Å². The van der Waals surface area contributed by atoms with Crippen LogP contribution in [-0.4, -0.2) is 17.6 Å². The van der Waals surface area contributed by atoms with Crippen LogP contribution in [0.4, 0.5) is 0 Å². The number of hydrogen-bond acceptors (Lipinski definition) is 2. The smallest absolute Gasteiger partial charge is 0.244 e. The van der Waals surface area contributed by atoms with Gasteiger partial charge in [-0.3, -0.25) is 4.79 Å². The molecule has 0 radical (unpaired) electrons. The maximum absolute atomic E-state index is 12.1. The van der Waals surface area contributed by atoms with Crippen LogP contribution in [0, 0.1) is 13.8 Å². The molecule has 4 nitrogen and oxygen atoms in total. The topological polar surface area (TPSA) is 43.3 Å². The lowest BCUT2D eigenvalue weighted by Gasteiger charge is -2.08. The van der Waals surface area contributed by atoms with Crippen molar-refractivity contribution in [1.82, 2.24) is 9.88 Å². The van der Waals surface area contributed by atoms with Gasteiger partial charge in [-0.05, 0) is 50.5 Å². The highest BCUT2D eigenvalue weighted by molar-refractivity contribution is 5.91. The van der Waals surface area contributed by atoms with Gasteiger partial charge >= 0.3 is 0 Å². The molecule has 1 fully saturated rings. The Hall–Kier alpha value is -2.49. The third-order valence-electron chi connectivity index (χ3n) is 4.50. The maximum atomic E-state index is 12.1. The van der Waals surface area contributed by atoms with E-state index in [2.05, 4.69) is 29.8 Å². The second-order valence-electron chi connectivity index (χ2n) is 6.29. The number of rotatable bonds is 6. The Kier molecular flexibility index (Phi) is 4.74. The van der Waals surface area contributed by atoms with Gasteiger partial charge in [0.25, 0.3) is 0 Å². The Bertz CT molecular complexity index is 770. The van der Waals surface area contributed by atoms with Crippen molar-refractivity contribution in [1.29, 1.82) is 0 Å². The summed E-state index contributed by atoms with van der Waals surface area (Å²) >= 11 is 0. The highest BCUT2D eigenvalue weighted by Gasteiger charge is 2.26. The number of carbonyl (C=O) groups is 1. The number of nitrogens with one attached hydrogen (secondary N) is 1. The molecular weight excluding hydrogens is 300 g/mol. The summed E-state index contributed by atoms with van der Waals surface area (Å²) in [5, 5.41) is 2.91. The molecule has 1 aliphatic carbocycles. The third-order valence-corrected chi connectivity index (χ3v) is 4.50. The molecule has 4 heteroatoms. The molecule has 0 atom stereocenters. The zero-order valence-corrected chi connectivity index (χ0v) is 14.5. The average Bonchev–Trinajstić information content (AvgIpc) is 3.37. The number of aryl methyl sites for hydroxylation is 1. The fourth-order valence-electron chi connectivity index (χ4n) is 3.12. The number of para-hydroxylation sites is 1. The van der Waals surface area contributed by atoms with Gasteiger partial charge in [0.2, 0.25) is 5.91 Å². The molecule has 126 valence electrons. The predicted molar refractivity (Wildman–Crippen MR) is 96.1 cm³/mol. The SMILES string of the molecule is COc1ccccc1CNC(=O)/C=C/c1cc(C)n(C2CC2)c1C. The van der Waals surface area contributed by atoms with Gasteiger partial charge in [-0.25, -0.2) is 0 Å². The predicted octanol–water partition coefficient (Wildman–Crippen LogP) is 3.78. The molecule has 1 heterocycles. The van der Waals surface area contributed by atoms with E-state index in [1.807, 2.05) is 30.3 Å². The second-order valence-corrected chi connectivity index (χ2v) is 6.29. The van der Waals surface area contributed by atoms with E-state index in [4.69, 9.17) is 4.74 Å². The summed E-state index contributed by atoms with van der Waals surface area (Å²) in [6.07, 6.45) is 6.03. The van der Waals surface area contributed by atoms with Crippen LogP contribution in [-0.2, 0) is 11.3 Å². The number of aromatic nitrogens is 1. The van der Waals surface area contributed by atoms with Gasteiger partial charge in [0.1, 0.15) is 5.75 Å². The third kappa shape index (κ3) is 3.53. The Morgan fingerprint density at radius 2 is 2.08 bits per heavy atom. The molecule has 2 aromatic rings. The molecule has 1 aliphatic rings. The summed E-state index contributed by atoms with van der Waals surface area (Å²) in [5.74, 6) is 0.687. The van der Waals surface area contributed by atoms with Gasteiger partial charge in [0.15, 0.2) is 0 Å². The van der Waals surface area contributed by atoms with Gasteiger partial charge in [-0.1, -0.05) is 18.2 Å². The van der Waals surface area contributed by atoms with E-state index >= 15 is 0 Å². The minimum Gasteiger partial charge on any atom is -0.496 e. The van der Waals surface area contributed by atoms with Crippen molar-refractivity contribution < 1.29 is 9.53 Å². The van der Waals surface area contributed by atoms with E-state index in [0.717, 1.165) is 16.9 Å². The zero-order chi connectivity index (χ0) is 17.1. The van der Waals surface area contributed by atoms with E-state index in [1.54, 1.807) is 13.2 Å². The van der Waals surface area contributed by atoms with E-state index in [-0.39, 0.29) is 5.91 Å². The number of nitrogens with zero attached hydrogens (tertiary/aromatic N) is 1. The minimum absolute atomic E-state index is 0.0999. The normalized spacial score (nSPS) is 14.1.